The number of barbiturate groups is 1. The first-order chi connectivity index (χ1) is 10.3. The first-order valence-corrected chi connectivity index (χ1v) is 6.13. The van der Waals surface area contributed by atoms with Gasteiger partial charge in [-0.15, -0.1) is 0 Å². The number of nitro groups is 1. The number of imide groups is 2. The molecule has 0 aromatic heterocycles. The maximum atomic E-state index is 12.4. The number of non-ortho nitro benzene ring substituents is 1. The second kappa shape index (κ2) is 5.35. The van der Waals surface area contributed by atoms with Crippen LogP contribution in [0.15, 0.2) is 24.3 Å². The lowest BCUT2D eigenvalue weighted by Crippen LogP contribution is -2.58. The van der Waals surface area contributed by atoms with E-state index in [4.69, 9.17) is 0 Å². The molecule has 0 unspecified atom stereocenters. The molecule has 114 valence electrons. The largest absolute Gasteiger partial charge is 0.332 e. The molecule has 0 aliphatic carbocycles. The van der Waals surface area contributed by atoms with Crippen molar-refractivity contribution in [1.82, 2.24) is 9.80 Å². The van der Waals surface area contributed by atoms with Gasteiger partial charge in [0.25, 0.3) is 17.5 Å². The molecule has 1 fully saturated rings. The molecule has 1 aliphatic heterocycles. The number of nitrogens with zero attached hydrogens (tertiary/aromatic N) is 3. The van der Waals surface area contributed by atoms with Crippen molar-refractivity contribution in [2.24, 2.45) is 5.92 Å². The van der Waals surface area contributed by atoms with Crippen molar-refractivity contribution in [3.63, 3.8) is 0 Å². The van der Waals surface area contributed by atoms with E-state index in [0.717, 1.165) is 20.2 Å². The number of carbonyl (C=O) groups is 4. The Morgan fingerprint density at radius 1 is 1.14 bits per heavy atom. The van der Waals surface area contributed by atoms with Gasteiger partial charge in [0.15, 0.2) is 11.7 Å². The van der Waals surface area contributed by atoms with Gasteiger partial charge >= 0.3 is 6.03 Å². The van der Waals surface area contributed by atoms with Crippen molar-refractivity contribution in [3.05, 3.63) is 39.9 Å². The third-order valence-corrected chi connectivity index (χ3v) is 3.33. The number of Topliss-reactive ketones (excluding diaryl/α,β-unsaturated/α-hetero) is 1. The highest BCUT2D eigenvalue weighted by Crippen LogP contribution is 2.22. The minimum atomic E-state index is -1.71. The fourth-order valence-corrected chi connectivity index (χ4v) is 2.07. The highest BCUT2D eigenvalue weighted by Gasteiger charge is 2.46. The minimum absolute atomic E-state index is 0.142. The smallest absolute Gasteiger partial charge is 0.293 e. The predicted molar refractivity (Wildman–Crippen MR) is 71.9 cm³/mol. The van der Waals surface area contributed by atoms with Crippen molar-refractivity contribution < 1.29 is 24.1 Å². The van der Waals surface area contributed by atoms with Gasteiger partial charge in [-0.2, -0.15) is 0 Å². The van der Waals surface area contributed by atoms with Gasteiger partial charge in [0.05, 0.1) is 4.92 Å². The highest BCUT2D eigenvalue weighted by molar-refractivity contribution is 6.29. The number of benzene rings is 1. The van der Waals surface area contributed by atoms with Crippen LogP contribution < -0.4 is 0 Å². The van der Waals surface area contributed by atoms with Crippen LogP contribution >= 0.6 is 0 Å². The van der Waals surface area contributed by atoms with E-state index in [9.17, 15) is 29.3 Å². The van der Waals surface area contributed by atoms with Crippen molar-refractivity contribution in [3.8, 4) is 0 Å². The lowest BCUT2D eigenvalue weighted by Gasteiger charge is -2.32. The molecule has 4 amide bonds. The molecule has 1 aromatic carbocycles. The Hall–Kier alpha value is -3.10. The third-order valence-electron chi connectivity index (χ3n) is 3.33. The number of hydrogen-bond acceptors (Lipinski definition) is 6. The Morgan fingerprint density at radius 2 is 1.68 bits per heavy atom. The molecule has 0 saturated carbocycles. The monoisotopic (exact) mass is 305 g/mol. The van der Waals surface area contributed by atoms with E-state index in [2.05, 4.69) is 0 Å². The van der Waals surface area contributed by atoms with Crippen LogP contribution in [0.1, 0.15) is 10.4 Å². The van der Waals surface area contributed by atoms with Crippen LogP contribution in [-0.2, 0) is 9.59 Å². The van der Waals surface area contributed by atoms with E-state index in [0.29, 0.717) is 9.80 Å². The maximum Gasteiger partial charge on any atom is 0.332 e. The third kappa shape index (κ3) is 2.32. The summed E-state index contributed by atoms with van der Waals surface area (Å²) in [5, 5.41) is 10.7. The molecule has 9 heteroatoms. The zero-order valence-electron chi connectivity index (χ0n) is 11.7. The summed E-state index contributed by atoms with van der Waals surface area (Å²) in [5.74, 6) is -4.51. The van der Waals surface area contributed by atoms with Crippen LogP contribution in [0, 0.1) is 16.0 Å². The fraction of sp³-hybridized carbons (Fsp3) is 0.231. The predicted octanol–water partition coefficient (Wildman–Crippen LogP) is 0.444. The Kier molecular flexibility index (Phi) is 3.72. The summed E-state index contributed by atoms with van der Waals surface area (Å²) in [6, 6.07) is 3.88. The molecule has 0 atom stereocenters. The van der Waals surface area contributed by atoms with Crippen LogP contribution in [-0.4, -0.2) is 52.4 Å². The molecule has 0 radical (unpaired) electrons. The van der Waals surface area contributed by atoms with E-state index in [-0.39, 0.29) is 11.3 Å². The number of amides is 4. The topological polar surface area (TPSA) is 118 Å². The van der Waals surface area contributed by atoms with Crippen LogP contribution in [0.4, 0.5) is 10.5 Å². The van der Waals surface area contributed by atoms with Crippen molar-refractivity contribution in [1.29, 1.82) is 0 Å². The summed E-state index contributed by atoms with van der Waals surface area (Å²) in [6.45, 7) is 0. The lowest BCUT2D eigenvalue weighted by atomic mass is 9.93. The molecule has 0 N–H and O–H groups in total. The van der Waals surface area contributed by atoms with Crippen molar-refractivity contribution in [2.75, 3.05) is 14.1 Å². The molecule has 9 nitrogen and oxygen atoms in total. The number of ketones is 1. The molecular formula is C13H11N3O6. The van der Waals surface area contributed by atoms with E-state index in [1.807, 2.05) is 0 Å². The normalized spacial score (nSPS) is 16.2. The Bertz CT molecular complexity index is 689. The van der Waals surface area contributed by atoms with Gasteiger partial charge in [-0.25, -0.2) is 4.79 Å². The average Bonchev–Trinajstić information content (AvgIpc) is 2.51. The molecule has 1 aromatic rings. The second-order valence-electron chi connectivity index (χ2n) is 4.68. The van der Waals surface area contributed by atoms with Crippen molar-refractivity contribution in [2.45, 2.75) is 0 Å². The number of hydrogen-bond donors (Lipinski definition) is 0. The zero-order valence-corrected chi connectivity index (χ0v) is 11.7. The summed E-state index contributed by atoms with van der Waals surface area (Å²) in [6.07, 6.45) is 0. The number of rotatable bonds is 3. The molecule has 1 aliphatic rings. The van der Waals surface area contributed by atoms with E-state index in [1.54, 1.807) is 0 Å². The minimum Gasteiger partial charge on any atom is -0.293 e. The van der Waals surface area contributed by atoms with Gasteiger partial charge < -0.3 is 0 Å². The Balaban J connectivity index is 2.42. The van der Waals surface area contributed by atoms with Gasteiger partial charge in [-0.05, 0) is 0 Å². The maximum absolute atomic E-state index is 12.4. The van der Waals surface area contributed by atoms with Gasteiger partial charge in [0.2, 0.25) is 0 Å². The lowest BCUT2D eigenvalue weighted by molar-refractivity contribution is -0.384. The van der Waals surface area contributed by atoms with Gasteiger partial charge in [0.1, 0.15) is 0 Å². The quantitative estimate of drug-likeness (QED) is 0.346. The molecule has 1 heterocycles. The highest BCUT2D eigenvalue weighted by atomic mass is 16.6. The molecular weight excluding hydrogens is 294 g/mol. The van der Waals surface area contributed by atoms with E-state index < -0.39 is 34.5 Å². The Labute approximate surface area is 124 Å². The summed E-state index contributed by atoms with van der Waals surface area (Å²) in [7, 11) is 2.31. The van der Waals surface area contributed by atoms with Crippen LogP contribution in [0.3, 0.4) is 0 Å². The molecule has 1 saturated heterocycles. The second-order valence-corrected chi connectivity index (χ2v) is 4.68. The summed E-state index contributed by atoms with van der Waals surface area (Å²) >= 11 is 0. The molecule has 2 rings (SSSR count). The van der Waals surface area contributed by atoms with Crippen LogP contribution in [0.25, 0.3) is 0 Å². The van der Waals surface area contributed by atoms with E-state index >= 15 is 0 Å². The summed E-state index contributed by atoms with van der Waals surface area (Å²) in [5.41, 5.74) is -0.476. The van der Waals surface area contributed by atoms with Crippen LogP contribution in [0.5, 0.6) is 0 Å². The summed E-state index contributed by atoms with van der Waals surface area (Å²) < 4.78 is 0. The molecule has 0 bridgehead atoms. The zero-order chi connectivity index (χ0) is 16.6. The molecule has 22 heavy (non-hydrogen) atoms. The molecule has 0 spiro atoms. The number of carbonyl (C=O) groups excluding carboxylic acids is 4. The number of nitro benzene ring substituents is 1. The average molecular weight is 305 g/mol. The van der Waals surface area contributed by atoms with Gasteiger partial charge in [-0.1, -0.05) is 12.1 Å². The number of urea groups is 1. The first kappa shape index (κ1) is 15.3. The van der Waals surface area contributed by atoms with E-state index in [1.165, 1.54) is 18.2 Å². The van der Waals surface area contributed by atoms with Gasteiger partial charge in [-0.3, -0.25) is 34.3 Å². The van der Waals surface area contributed by atoms with Crippen LogP contribution in [0.2, 0.25) is 0 Å². The summed E-state index contributed by atoms with van der Waals surface area (Å²) in [4.78, 5) is 59.4. The fourth-order valence-electron chi connectivity index (χ4n) is 2.07. The van der Waals surface area contributed by atoms with Crippen molar-refractivity contribution >= 4 is 29.3 Å². The Morgan fingerprint density at radius 3 is 2.18 bits per heavy atom. The SMILES string of the molecule is CN1C(=O)C(C(=O)c2cccc([N+](=O)[O-])c2)C(=O)N(C)C1=O. The standard InChI is InChI=1S/C13H11N3O6/c1-14-11(18)9(12(19)15(2)13(14)20)10(17)7-4-3-5-8(6-7)16(21)22/h3-6,9H,1-2H3. The van der Waals surface area contributed by atoms with Gasteiger partial charge in [0, 0.05) is 31.8 Å². The first-order valence-electron chi connectivity index (χ1n) is 6.13.